The molecule has 0 fully saturated rings. The molecule has 0 N–H and O–H groups in total. The van der Waals surface area contributed by atoms with E-state index in [9.17, 15) is 4.79 Å². The molecule has 2 aromatic carbocycles. The van der Waals surface area contributed by atoms with Crippen molar-refractivity contribution in [1.82, 2.24) is 10.2 Å². The molecule has 21 heavy (non-hydrogen) atoms. The molecule has 0 saturated heterocycles. The van der Waals surface area contributed by atoms with Crippen molar-refractivity contribution in [2.24, 2.45) is 0 Å². The van der Waals surface area contributed by atoms with Crippen LogP contribution >= 0.6 is 0 Å². The van der Waals surface area contributed by atoms with Gasteiger partial charge in [-0.05, 0) is 18.2 Å². The molecule has 0 amide bonds. The minimum absolute atomic E-state index is 0.184. The van der Waals surface area contributed by atoms with Crippen LogP contribution in [0, 0.1) is 0 Å². The number of ether oxygens (including phenoxy) is 1. The summed E-state index contributed by atoms with van der Waals surface area (Å²) in [5.41, 5.74) is 2.17. The van der Waals surface area contributed by atoms with E-state index in [1.54, 1.807) is 36.4 Å². The van der Waals surface area contributed by atoms with Gasteiger partial charge >= 0.3 is 5.97 Å². The highest BCUT2D eigenvalue weighted by atomic mass is 16.5. The molecule has 1 heterocycles. The Morgan fingerprint density at radius 3 is 2.05 bits per heavy atom. The Hall–Kier alpha value is -3.01. The summed E-state index contributed by atoms with van der Waals surface area (Å²) < 4.78 is 5.18. The predicted molar refractivity (Wildman–Crippen MR) is 78.9 cm³/mol. The minimum Gasteiger partial charge on any atom is -0.402 e. The minimum atomic E-state index is -0.447. The number of nitrogens with zero attached hydrogens (tertiary/aromatic N) is 2. The van der Waals surface area contributed by atoms with Crippen molar-refractivity contribution >= 4 is 5.97 Å². The van der Waals surface area contributed by atoms with Crippen LogP contribution in [0.2, 0.25) is 0 Å². The van der Waals surface area contributed by atoms with Crippen LogP contribution in [0.25, 0.3) is 11.3 Å². The maximum atomic E-state index is 11.9. The Balaban J connectivity index is 1.75. The van der Waals surface area contributed by atoms with E-state index in [1.807, 2.05) is 36.4 Å². The average molecular weight is 276 g/mol. The van der Waals surface area contributed by atoms with Gasteiger partial charge in [0.25, 0.3) is 0 Å². The van der Waals surface area contributed by atoms with Crippen molar-refractivity contribution in [2.45, 2.75) is 0 Å². The van der Waals surface area contributed by atoms with Crippen molar-refractivity contribution in [3.8, 4) is 17.1 Å². The molecule has 4 nitrogen and oxygen atoms in total. The highest BCUT2D eigenvalue weighted by Crippen LogP contribution is 2.17. The van der Waals surface area contributed by atoms with E-state index in [0.29, 0.717) is 5.56 Å². The zero-order valence-corrected chi connectivity index (χ0v) is 11.1. The Labute approximate surface area is 122 Å². The van der Waals surface area contributed by atoms with Crippen LogP contribution < -0.4 is 4.74 Å². The highest BCUT2D eigenvalue weighted by Gasteiger charge is 2.09. The van der Waals surface area contributed by atoms with Gasteiger partial charge in [0.05, 0.1) is 11.3 Å². The van der Waals surface area contributed by atoms with E-state index in [1.165, 1.54) is 0 Å². The summed E-state index contributed by atoms with van der Waals surface area (Å²) in [6, 6.07) is 21.9. The highest BCUT2D eigenvalue weighted by molar-refractivity contribution is 5.90. The maximum Gasteiger partial charge on any atom is 0.344 e. The Kier molecular flexibility index (Phi) is 3.69. The number of esters is 1. The summed E-state index contributed by atoms with van der Waals surface area (Å²) >= 11 is 0. The fourth-order valence-electron chi connectivity index (χ4n) is 1.87. The Morgan fingerprint density at radius 1 is 0.762 bits per heavy atom. The lowest BCUT2D eigenvalue weighted by Crippen LogP contribution is -2.09. The van der Waals surface area contributed by atoms with Crippen molar-refractivity contribution in [2.75, 3.05) is 0 Å². The molecule has 0 bridgehead atoms. The van der Waals surface area contributed by atoms with E-state index < -0.39 is 5.97 Å². The first kappa shape index (κ1) is 13.0. The molecule has 0 aliphatic carbocycles. The molecule has 102 valence electrons. The number of benzene rings is 2. The number of carbonyl (C=O) groups is 1. The summed E-state index contributed by atoms with van der Waals surface area (Å²) in [5.74, 6) is -0.263. The van der Waals surface area contributed by atoms with Crippen LogP contribution in [-0.2, 0) is 0 Å². The SMILES string of the molecule is O=C(Oc1ccc(-c2ccccc2)nn1)c1ccccc1. The second kappa shape index (κ2) is 5.96. The summed E-state index contributed by atoms with van der Waals surface area (Å²) in [5, 5.41) is 8.00. The zero-order chi connectivity index (χ0) is 14.5. The van der Waals surface area contributed by atoms with Gasteiger partial charge in [0.1, 0.15) is 0 Å². The first-order valence-corrected chi connectivity index (χ1v) is 6.49. The summed E-state index contributed by atoms with van der Waals surface area (Å²) in [6.07, 6.45) is 0. The summed E-state index contributed by atoms with van der Waals surface area (Å²) in [7, 11) is 0. The number of carbonyl (C=O) groups excluding carboxylic acids is 1. The van der Waals surface area contributed by atoms with Gasteiger partial charge < -0.3 is 4.74 Å². The van der Waals surface area contributed by atoms with E-state index in [0.717, 1.165) is 11.3 Å². The van der Waals surface area contributed by atoms with Gasteiger partial charge in [-0.2, -0.15) is 0 Å². The van der Waals surface area contributed by atoms with Crippen LogP contribution in [0.1, 0.15) is 10.4 Å². The molecule has 1 aromatic heterocycles. The molecule has 0 aliphatic heterocycles. The Bertz CT molecular complexity index is 726. The molecule has 4 heteroatoms. The third-order valence-electron chi connectivity index (χ3n) is 2.92. The van der Waals surface area contributed by atoms with Crippen molar-refractivity contribution in [1.29, 1.82) is 0 Å². The normalized spacial score (nSPS) is 10.1. The number of rotatable bonds is 3. The molecular weight excluding hydrogens is 264 g/mol. The van der Waals surface area contributed by atoms with Crippen LogP contribution in [0.15, 0.2) is 72.8 Å². The van der Waals surface area contributed by atoms with E-state index in [4.69, 9.17) is 4.74 Å². The first-order chi connectivity index (χ1) is 10.3. The van der Waals surface area contributed by atoms with Gasteiger partial charge in [0.15, 0.2) is 0 Å². The zero-order valence-electron chi connectivity index (χ0n) is 11.1. The van der Waals surface area contributed by atoms with Crippen LogP contribution in [0.4, 0.5) is 0 Å². The predicted octanol–water partition coefficient (Wildman–Crippen LogP) is 3.36. The van der Waals surface area contributed by atoms with Crippen LogP contribution in [0.3, 0.4) is 0 Å². The summed E-state index contributed by atoms with van der Waals surface area (Å²) in [4.78, 5) is 11.9. The fourth-order valence-corrected chi connectivity index (χ4v) is 1.87. The maximum absolute atomic E-state index is 11.9. The lowest BCUT2D eigenvalue weighted by atomic mass is 10.1. The number of hydrogen-bond acceptors (Lipinski definition) is 4. The monoisotopic (exact) mass is 276 g/mol. The molecule has 0 radical (unpaired) electrons. The van der Waals surface area contributed by atoms with Gasteiger partial charge in [-0.25, -0.2) is 4.79 Å². The van der Waals surface area contributed by atoms with Gasteiger partial charge in [0, 0.05) is 11.6 Å². The first-order valence-electron chi connectivity index (χ1n) is 6.49. The van der Waals surface area contributed by atoms with Gasteiger partial charge in [-0.15, -0.1) is 10.2 Å². The lowest BCUT2D eigenvalue weighted by molar-refractivity contribution is 0.0726. The van der Waals surface area contributed by atoms with Crippen LogP contribution in [-0.4, -0.2) is 16.2 Å². The van der Waals surface area contributed by atoms with Crippen LogP contribution in [0.5, 0.6) is 5.88 Å². The van der Waals surface area contributed by atoms with Gasteiger partial charge in [-0.3, -0.25) is 0 Å². The summed E-state index contributed by atoms with van der Waals surface area (Å²) in [6.45, 7) is 0. The third-order valence-corrected chi connectivity index (χ3v) is 2.92. The van der Waals surface area contributed by atoms with E-state index in [2.05, 4.69) is 10.2 Å². The standard InChI is InChI=1S/C17H12N2O2/c20-17(14-9-5-2-6-10-14)21-16-12-11-15(18-19-16)13-7-3-1-4-8-13/h1-12H. The molecule has 0 aliphatic rings. The Morgan fingerprint density at radius 2 is 1.43 bits per heavy atom. The van der Waals surface area contributed by atoms with Crippen molar-refractivity contribution in [3.05, 3.63) is 78.4 Å². The molecule has 0 atom stereocenters. The lowest BCUT2D eigenvalue weighted by Gasteiger charge is -2.04. The molecule has 0 saturated carbocycles. The average Bonchev–Trinajstić information content (AvgIpc) is 2.57. The third kappa shape index (κ3) is 3.12. The number of aromatic nitrogens is 2. The van der Waals surface area contributed by atoms with Gasteiger partial charge in [-0.1, -0.05) is 48.5 Å². The molecule has 0 unspecified atom stereocenters. The topological polar surface area (TPSA) is 52.1 Å². The van der Waals surface area contributed by atoms with Crippen molar-refractivity contribution in [3.63, 3.8) is 0 Å². The van der Waals surface area contributed by atoms with E-state index >= 15 is 0 Å². The second-order valence-electron chi connectivity index (χ2n) is 4.38. The molecule has 3 rings (SSSR count). The second-order valence-corrected chi connectivity index (χ2v) is 4.38. The van der Waals surface area contributed by atoms with E-state index in [-0.39, 0.29) is 5.88 Å². The largest absolute Gasteiger partial charge is 0.402 e. The molecular formula is C17H12N2O2. The molecule has 3 aromatic rings. The van der Waals surface area contributed by atoms with Crippen molar-refractivity contribution < 1.29 is 9.53 Å². The fraction of sp³-hybridized carbons (Fsp3) is 0. The van der Waals surface area contributed by atoms with Gasteiger partial charge in [0.2, 0.25) is 5.88 Å². The quantitative estimate of drug-likeness (QED) is 0.688. The smallest absolute Gasteiger partial charge is 0.344 e. The number of hydrogen-bond donors (Lipinski definition) is 0. The molecule has 0 spiro atoms.